The molecule has 62 valence electrons. The van der Waals surface area contributed by atoms with Gasteiger partial charge in [-0.3, -0.25) is 4.40 Å². The van der Waals surface area contributed by atoms with Gasteiger partial charge in [-0.05, 0) is 12.1 Å². The van der Waals surface area contributed by atoms with Gasteiger partial charge in [-0.1, -0.05) is 11.6 Å². The number of fused-ring (bicyclic) bond motifs is 1. The molecular weight excluding hydrogens is 194 g/mol. The SMILES string of the molecule is SCc1nnc2c(Cl)cccn12. The van der Waals surface area contributed by atoms with Gasteiger partial charge in [0.15, 0.2) is 5.65 Å². The highest BCUT2D eigenvalue weighted by Crippen LogP contribution is 2.15. The van der Waals surface area contributed by atoms with Crippen molar-refractivity contribution in [2.45, 2.75) is 5.75 Å². The van der Waals surface area contributed by atoms with E-state index in [1.54, 1.807) is 6.07 Å². The van der Waals surface area contributed by atoms with Crippen molar-refractivity contribution < 1.29 is 0 Å². The van der Waals surface area contributed by atoms with Crippen LogP contribution in [0.5, 0.6) is 0 Å². The van der Waals surface area contributed by atoms with E-state index >= 15 is 0 Å². The quantitative estimate of drug-likeness (QED) is 0.711. The van der Waals surface area contributed by atoms with Gasteiger partial charge in [0, 0.05) is 6.20 Å². The summed E-state index contributed by atoms with van der Waals surface area (Å²) < 4.78 is 1.83. The van der Waals surface area contributed by atoms with Gasteiger partial charge in [-0.25, -0.2) is 0 Å². The second-order valence-corrected chi connectivity index (χ2v) is 3.05. The number of hydrogen-bond donors (Lipinski definition) is 1. The van der Waals surface area contributed by atoms with Crippen molar-refractivity contribution in [1.82, 2.24) is 14.6 Å². The summed E-state index contributed by atoms with van der Waals surface area (Å²) in [5.41, 5.74) is 0.684. The van der Waals surface area contributed by atoms with Crippen molar-refractivity contribution in [3.8, 4) is 0 Å². The first-order valence-electron chi connectivity index (χ1n) is 3.42. The van der Waals surface area contributed by atoms with Gasteiger partial charge in [0.1, 0.15) is 5.82 Å². The number of rotatable bonds is 1. The van der Waals surface area contributed by atoms with Crippen LogP contribution in [0.4, 0.5) is 0 Å². The van der Waals surface area contributed by atoms with E-state index in [-0.39, 0.29) is 0 Å². The van der Waals surface area contributed by atoms with E-state index in [0.29, 0.717) is 16.4 Å². The van der Waals surface area contributed by atoms with Gasteiger partial charge >= 0.3 is 0 Å². The second-order valence-electron chi connectivity index (χ2n) is 2.32. The van der Waals surface area contributed by atoms with Crippen LogP contribution in [0.15, 0.2) is 18.3 Å². The molecule has 2 heterocycles. The van der Waals surface area contributed by atoms with Gasteiger partial charge in [-0.2, -0.15) is 12.6 Å². The molecule has 0 aliphatic heterocycles. The molecule has 3 nitrogen and oxygen atoms in total. The molecule has 0 N–H and O–H groups in total. The molecule has 0 radical (unpaired) electrons. The molecule has 0 saturated heterocycles. The summed E-state index contributed by atoms with van der Waals surface area (Å²) >= 11 is 10.00. The van der Waals surface area contributed by atoms with Gasteiger partial charge in [0.25, 0.3) is 0 Å². The summed E-state index contributed by atoms with van der Waals surface area (Å²) in [6.07, 6.45) is 1.87. The van der Waals surface area contributed by atoms with Crippen molar-refractivity contribution in [2.24, 2.45) is 0 Å². The number of halogens is 1. The van der Waals surface area contributed by atoms with Gasteiger partial charge in [0.2, 0.25) is 0 Å². The summed E-state index contributed by atoms with van der Waals surface area (Å²) in [5, 5.41) is 8.46. The minimum Gasteiger partial charge on any atom is -0.284 e. The molecule has 0 aliphatic carbocycles. The number of nitrogens with zero attached hydrogens (tertiary/aromatic N) is 3. The minimum absolute atomic E-state index is 0.557. The molecule has 0 atom stereocenters. The third-order valence-corrected chi connectivity index (χ3v) is 2.18. The zero-order valence-electron chi connectivity index (χ0n) is 6.11. The molecule has 0 fully saturated rings. The molecule has 0 aliphatic rings. The highest BCUT2D eigenvalue weighted by molar-refractivity contribution is 7.79. The zero-order chi connectivity index (χ0) is 8.55. The lowest BCUT2D eigenvalue weighted by Gasteiger charge is -1.95. The highest BCUT2D eigenvalue weighted by atomic mass is 35.5. The second kappa shape index (κ2) is 2.95. The normalized spacial score (nSPS) is 10.8. The topological polar surface area (TPSA) is 30.2 Å². The fraction of sp³-hybridized carbons (Fsp3) is 0.143. The summed E-state index contributed by atoms with van der Waals surface area (Å²) in [6.45, 7) is 0. The molecule has 0 aromatic carbocycles. The Morgan fingerprint density at radius 3 is 3.08 bits per heavy atom. The van der Waals surface area contributed by atoms with Crippen LogP contribution in [0.25, 0.3) is 5.65 Å². The van der Waals surface area contributed by atoms with Crippen LogP contribution in [0.3, 0.4) is 0 Å². The fourth-order valence-corrected chi connectivity index (χ4v) is 1.46. The first-order valence-corrected chi connectivity index (χ1v) is 4.43. The lowest BCUT2D eigenvalue weighted by molar-refractivity contribution is 0.993. The van der Waals surface area contributed by atoms with E-state index in [1.807, 2.05) is 16.7 Å². The molecular formula is C7H6ClN3S. The summed E-state index contributed by atoms with van der Waals surface area (Å²) in [7, 11) is 0. The molecule has 5 heteroatoms. The van der Waals surface area contributed by atoms with E-state index in [1.165, 1.54) is 0 Å². The molecule has 0 bridgehead atoms. The number of hydrogen-bond acceptors (Lipinski definition) is 3. The lowest BCUT2D eigenvalue weighted by Crippen LogP contribution is -1.89. The summed E-state index contributed by atoms with van der Waals surface area (Å²) in [6, 6.07) is 3.64. The van der Waals surface area contributed by atoms with E-state index in [9.17, 15) is 0 Å². The average Bonchev–Trinajstić information content (AvgIpc) is 2.49. The molecule has 2 rings (SSSR count). The lowest BCUT2D eigenvalue weighted by atomic mass is 10.5. The largest absolute Gasteiger partial charge is 0.284 e. The first-order chi connectivity index (χ1) is 5.83. The Hall–Kier alpha value is -0.740. The first kappa shape index (κ1) is 7.89. The monoisotopic (exact) mass is 199 g/mol. The maximum atomic E-state index is 5.88. The Kier molecular flexibility index (Phi) is 1.94. The minimum atomic E-state index is 0.557. The third-order valence-electron chi connectivity index (χ3n) is 1.60. The average molecular weight is 200 g/mol. The third kappa shape index (κ3) is 1.07. The maximum Gasteiger partial charge on any atom is 0.179 e. The maximum absolute atomic E-state index is 5.88. The van der Waals surface area contributed by atoms with Crippen molar-refractivity contribution in [1.29, 1.82) is 0 Å². The van der Waals surface area contributed by atoms with E-state index in [0.717, 1.165) is 5.82 Å². The van der Waals surface area contributed by atoms with E-state index in [4.69, 9.17) is 11.6 Å². The van der Waals surface area contributed by atoms with Gasteiger partial charge in [0.05, 0.1) is 10.8 Å². The molecule has 0 unspecified atom stereocenters. The molecule has 2 aromatic rings. The molecule has 12 heavy (non-hydrogen) atoms. The van der Waals surface area contributed by atoms with Crippen LogP contribution in [0.2, 0.25) is 5.02 Å². The predicted octanol–water partition coefficient (Wildman–Crippen LogP) is 1.81. The van der Waals surface area contributed by atoms with Gasteiger partial charge in [-0.15, -0.1) is 10.2 Å². The van der Waals surface area contributed by atoms with E-state index < -0.39 is 0 Å². The Bertz CT molecular complexity index is 412. The Morgan fingerprint density at radius 1 is 1.50 bits per heavy atom. The fourth-order valence-electron chi connectivity index (χ4n) is 1.04. The Morgan fingerprint density at radius 2 is 2.33 bits per heavy atom. The zero-order valence-corrected chi connectivity index (χ0v) is 7.76. The molecule has 0 saturated carbocycles. The number of aromatic nitrogens is 3. The predicted molar refractivity (Wildman–Crippen MR) is 50.7 cm³/mol. The van der Waals surface area contributed by atoms with Crippen LogP contribution in [0, 0.1) is 0 Å². The highest BCUT2D eigenvalue weighted by Gasteiger charge is 2.04. The van der Waals surface area contributed by atoms with Crippen molar-refractivity contribution in [3.05, 3.63) is 29.2 Å². The van der Waals surface area contributed by atoms with E-state index in [2.05, 4.69) is 22.8 Å². The molecule has 0 spiro atoms. The van der Waals surface area contributed by atoms with Crippen LogP contribution in [-0.4, -0.2) is 14.6 Å². The van der Waals surface area contributed by atoms with Crippen LogP contribution in [-0.2, 0) is 5.75 Å². The Labute approximate surface area is 79.8 Å². The summed E-state index contributed by atoms with van der Waals surface area (Å²) in [5.74, 6) is 1.36. The molecule has 2 aromatic heterocycles. The Balaban J connectivity index is 2.80. The van der Waals surface area contributed by atoms with Crippen LogP contribution < -0.4 is 0 Å². The van der Waals surface area contributed by atoms with Gasteiger partial charge < -0.3 is 0 Å². The number of pyridine rings is 1. The van der Waals surface area contributed by atoms with Crippen LogP contribution in [0.1, 0.15) is 5.82 Å². The van der Waals surface area contributed by atoms with Crippen molar-refractivity contribution >= 4 is 29.9 Å². The summed E-state index contributed by atoms with van der Waals surface area (Å²) in [4.78, 5) is 0. The van der Waals surface area contributed by atoms with Crippen LogP contribution >= 0.6 is 24.2 Å². The number of thiol groups is 1. The van der Waals surface area contributed by atoms with Crippen molar-refractivity contribution in [2.75, 3.05) is 0 Å². The smallest absolute Gasteiger partial charge is 0.179 e. The molecule has 0 amide bonds. The standard InChI is InChI=1S/C7H6ClN3S/c8-5-2-1-3-11-6(4-12)9-10-7(5)11/h1-3,12H,4H2. The van der Waals surface area contributed by atoms with Crippen molar-refractivity contribution in [3.63, 3.8) is 0 Å².